The maximum Gasteiger partial charge on any atom is 0.410 e. The zero-order valence-corrected chi connectivity index (χ0v) is 20.0. The lowest BCUT2D eigenvalue weighted by Crippen LogP contribution is -2.42. The third-order valence-electron chi connectivity index (χ3n) is 5.49. The average molecular weight is 463 g/mol. The van der Waals surface area contributed by atoms with Crippen LogP contribution in [0.2, 0.25) is 0 Å². The highest BCUT2D eigenvalue weighted by atomic mass is 16.6. The summed E-state index contributed by atoms with van der Waals surface area (Å²) in [5.74, 6) is 1.82. The molecule has 1 fully saturated rings. The van der Waals surface area contributed by atoms with Crippen LogP contribution in [-0.4, -0.2) is 40.5 Å². The van der Waals surface area contributed by atoms with Gasteiger partial charge < -0.3 is 18.8 Å². The first kappa shape index (κ1) is 23.5. The van der Waals surface area contributed by atoms with Crippen molar-refractivity contribution in [3.63, 3.8) is 0 Å². The number of amides is 1. The van der Waals surface area contributed by atoms with E-state index in [4.69, 9.17) is 18.9 Å². The molecule has 1 aromatic heterocycles. The number of Topliss-reactive ketones (excluding diaryl/α,β-unsaturated/α-hetero) is 1. The molecule has 2 aromatic carbocycles. The zero-order valence-electron chi connectivity index (χ0n) is 20.0. The molecule has 178 valence electrons. The van der Waals surface area contributed by atoms with Crippen molar-refractivity contribution in [1.82, 2.24) is 9.88 Å². The summed E-state index contributed by atoms with van der Waals surface area (Å²) in [5.41, 5.74) is 0.710. The van der Waals surface area contributed by atoms with Crippen molar-refractivity contribution >= 4 is 11.9 Å². The second-order valence-corrected chi connectivity index (χ2v) is 9.49. The molecular weight excluding hydrogens is 432 g/mol. The van der Waals surface area contributed by atoms with Crippen LogP contribution in [0.3, 0.4) is 0 Å². The minimum absolute atomic E-state index is 0.103. The first-order chi connectivity index (χ1) is 16.2. The molecule has 0 saturated carbocycles. The summed E-state index contributed by atoms with van der Waals surface area (Å²) in [6, 6.07) is 16.9. The fraction of sp³-hybridized carbons (Fsp3) is 0.370. The third kappa shape index (κ3) is 5.65. The molecule has 1 atom stereocenters. The van der Waals surface area contributed by atoms with E-state index in [1.165, 1.54) is 6.92 Å². The predicted octanol–water partition coefficient (Wildman–Crippen LogP) is 6.45. The number of para-hydroxylation sites is 1. The van der Waals surface area contributed by atoms with Gasteiger partial charge in [-0.1, -0.05) is 18.2 Å². The predicted molar refractivity (Wildman–Crippen MR) is 128 cm³/mol. The molecule has 1 aliphatic rings. The number of piperidine rings is 1. The summed E-state index contributed by atoms with van der Waals surface area (Å²) in [6.07, 6.45) is 1.29. The monoisotopic (exact) mass is 462 g/mol. The summed E-state index contributed by atoms with van der Waals surface area (Å²) < 4.78 is 17.3. The van der Waals surface area contributed by atoms with E-state index in [2.05, 4.69) is 0 Å². The number of rotatable bonds is 5. The summed E-state index contributed by atoms with van der Waals surface area (Å²) in [4.78, 5) is 31.3. The van der Waals surface area contributed by atoms with Crippen LogP contribution >= 0.6 is 0 Å². The van der Waals surface area contributed by atoms with E-state index in [9.17, 15) is 9.59 Å². The Balaban J connectivity index is 1.54. The Kier molecular flexibility index (Phi) is 6.72. The van der Waals surface area contributed by atoms with Gasteiger partial charge in [-0.05, 0) is 70.0 Å². The number of ether oxygens (including phenoxy) is 2. The van der Waals surface area contributed by atoms with E-state index in [-0.39, 0.29) is 23.6 Å². The molecule has 4 rings (SSSR count). The Morgan fingerprint density at radius 2 is 1.71 bits per heavy atom. The van der Waals surface area contributed by atoms with Gasteiger partial charge in [-0.2, -0.15) is 0 Å². The van der Waals surface area contributed by atoms with Crippen LogP contribution < -0.4 is 4.74 Å². The number of hydrogen-bond acceptors (Lipinski definition) is 6. The number of nitrogens with zero attached hydrogens (tertiary/aromatic N) is 2. The Hall–Kier alpha value is -3.61. The molecule has 0 spiro atoms. The molecule has 7 nitrogen and oxygen atoms in total. The van der Waals surface area contributed by atoms with E-state index >= 15 is 0 Å². The smallest absolute Gasteiger partial charge is 0.410 e. The van der Waals surface area contributed by atoms with Crippen molar-refractivity contribution in [3.05, 3.63) is 66.2 Å². The lowest BCUT2D eigenvalue weighted by Gasteiger charge is -2.32. The normalized spacial score (nSPS) is 16.2. The Bertz CT molecular complexity index is 1150. The highest BCUT2D eigenvalue weighted by Gasteiger charge is 2.32. The Labute approximate surface area is 199 Å². The minimum Gasteiger partial charge on any atom is -0.457 e. The van der Waals surface area contributed by atoms with Gasteiger partial charge in [0.25, 0.3) is 0 Å². The Morgan fingerprint density at radius 1 is 1.03 bits per heavy atom. The second-order valence-electron chi connectivity index (χ2n) is 9.49. The number of benzene rings is 2. The lowest BCUT2D eigenvalue weighted by atomic mass is 9.98. The van der Waals surface area contributed by atoms with Gasteiger partial charge in [0, 0.05) is 25.6 Å². The SMILES string of the molecule is CC(=O)c1oc(C2CCCN(C(=O)OC(C)(C)C)C2)nc1-c1ccc(Oc2ccccc2)cc1. The topological polar surface area (TPSA) is 81.9 Å². The van der Waals surface area contributed by atoms with Gasteiger partial charge in [0.1, 0.15) is 22.8 Å². The van der Waals surface area contributed by atoms with Crippen LogP contribution in [-0.2, 0) is 4.74 Å². The Morgan fingerprint density at radius 3 is 2.35 bits per heavy atom. The van der Waals surface area contributed by atoms with Crippen LogP contribution in [0.25, 0.3) is 11.3 Å². The number of hydrogen-bond donors (Lipinski definition) is 0. The number of aromatic nitrogens is 1. The van der Waals surface area contributed by atoms with Crippen LogP contribution in [0.4, 0.5) is 4.79 Å². The maximum absolute atomic E-state index is 12.5. The van der Waals surface area contributed by atoms with Gasteiger partial charge >= 0.3 is 6.09 Å². The van der Waals surface area contributed by atoms with Crippen molar-refractivity contribution in [2.24, 2.45) is 0 Å². The highest BCUT2D eigenvalue weighted by molar-refractivity contribution is 5.97. The van der Waals surface area contributed by atoms with Gasteiger partial charge in [-0.3, -0.25) is 4.79 Å². The van der Waals surface area contributed by atoms with Crippen LogP contribution in [0.15, 0.2) is 59.0 Å². The molecule has 3 aromatic rings. The summed E-state index contributed by atoms with van der Waals surface area (Å²) in [7, 11) is 0. The van der Waals surface area contributed by atoms with Crippen molar-refractivity contribution < 1.29 is 23.5 Å². The number of oxazole rings is 1. The standard InChI is InChI=1S/C27H30N2O5/c1-18(30)24-23(19-12-14-22(15-13-19)32-21-10-6-5-7-11-21)28-25(33-24)20-9-8-16-29(17-20)26(31)34-27(2,3)4/h5-7,10-15,20H,8-9,16-17H2,1-4H3. The zero-order chi connectivity index (χ0) is 24.3. The van der Waals surface area contributed by atoms with Gasteiger partial charge in [0.2, 0.25) is 5.89 Å². The maximum atomic E-state index is 12.5. The van der Waals surface area contributed by atoms with Crippen LogP contribution in [0, 0.1) is 0 Å². The fourth-order valence-electron chi connectivity index (χ4n) is 3.92. The summed E-state index contributed by atoms with van der Waals surface area (Å²) in [6.45, 7) is 8.08. The van der Waals surface area contributed by atoms with E-state index in [0.717, 1.165) is 24.2 Å². The lowest BCUT2D eigenvalue weighted by molar-refractivity contribution is 0.0190. The molecule has 1 unspecified atom stereocenters. The quantitative estimate of drug-likeness (QED) is 0.405. The number of ketones is 1. The molecule has 0 N–H and O–H groups in total. The van der Waals surface area contributed by atoms with Crippen molar-refractivity contribution in [2.75, 3.05) is 13.1 Å². The van der Waals surface area contributed by atoms with Crippen molar-refractivity contribution in [3.8, 4) is 22.8 Å². The molecule has 0 bridgehead atoms. The first-order valence-corrected chi connectivity index (χ1v) is 11.5. The molecular formula is C27H30N2O5. The van der Waals surface area contributed by atoms with Gasteiger partial charge in [0.15, 0.2) is 11.5 Å². The van der Waals surface area contributed by atoms with Gasteiger partial charge in [0.05, 0.1) is 5.92 Å². The van der Waals surface area contributed by atoms with Crippen LogP contribution in [0.5, 0.6) is 11.5 Å². The number of carbonyl (C=O) groups is 2. The molecule has 1 aliphatic heterocycles. The average Bonchev–Trinajstić information content (AvgIpc) is 3.25. The van der Waals surface area contributed by atoms with Gasteiger partial charge in [-0.15, -0.1) is 0 Å². The van der Waals surface area contributed by atoms with Crippen molar-refractivity contribution in [1.29, 1.82) is 0 Å². The molecule has 0 radical (unpaired) electrons. The van der Waals surface area contributed by atoms with E-state index in [0.29, 0.717) is 30.4 Å². The molecule has 1 saturated heterocycles. The van der Waals surface area contributed by atoms with E-state index in [1.54, 1.807) is 4.90 Å². The van der Waals surface area contributed by atoms with Crippen LogP contribution in [0.1, 0.15) is 62.9 Å². The van der Waals surface area contributed by atoms with E-state index < -0.39 is 5.60 Å². The fourth-order valence-corrected chi connectivity index (χ4v) is 3.92. The molecule has 0 aliphatic carbocycles. The summed E-state index contributed by atoms with van der Waals surface area (Å²) in [5, 5.41) is 0. The molecule has 2 heterocycles. The molecule has 7 heteroatoms. The highest BCUT2D eigenvalue weighted by Crippen LogP contribution is 2.33. The largest absolute Gasteiger partial charge is 0.457 e. The summed E-state index contributed by atoms with van der Waals surface area (Å²) >= 11 is 0. The van der Waals surface area contributed by atoms with E-state index in [1.807, 2.05) is 75.4 Å². The molecule has 1 amide bonds. The third-order valence-corrected chi connectivity index (χ3v) is 5.49. The van der Waals surface area contributed by atoms with Gasteiger partial charge in [-0.25, -0.2) is 9.78 Å². The van der Waals surface area contributed by atoms with Crippen molar-refractivity contribution in [2.45, 2.75) is 52.1 Å². The molecule has 34 heavy (non-hydrogen) atoms. The first-order valence-electron chi connectivity index (χ1n) is 11.5. The number of carbonyl (C=O) groups excluding carboxylic acids is 2. The number of likely N-dealkylation sites (tertiary alicyclic amines) is 1. The second kappa shape index (κ2) is 9.71. The minimum atomic E-state index is -0.557.